The standard InChI is InChI=1S/C22H35ClO4/c1-15(8-6-12-22(5,27)13-7-11-21(3,4)26)9-10-17-18(24)14-16(2)19(23)20(17)25/h9,14,24-27H,6-8,10-13H2,1-5H3/b15-9+. The van der Waals surface area contributed by atoms with Gasteiger partial charge in [-0.05, 0) is 91.2 Å². The highest BCUT2D eigenvalue weighted by Crippen LogP contribution is 2.37. The van der Waals surface area contributed by atoms with Crippen molar-refractivity contribution in [3.63, 3.8) is 0 Å². The van der Waals surface area contributed by atoms with E-state index in [2.05, 4.69) is 0 Å². The summed E-state index contributed by atoms with van der Waals surface area (Å²) >= 11 is 6.05. The van der Waals surface area contributed by atoms with Crippen LogP contribution < -0.4 is 0 Å². The lowest BCUT2D eigenvalue weighted by Gasteiger charge is -2.25. The molecule has 0 heterocycles. The van der Waals surface area contributed by atoms with E-state index in [0.717, 1.165) is 24.8 Å². The van der Waals surface area contributed by atoms with Crippen molar-refractivity contribution in [3.05, 3.63) is 33.9 Å². The molecule has 4 N–H and O–H groups in total. The van der Waals surface area contributed by atoms with E-state index in [0.29, 0.717) is 36.8 Å². The summed E-state index contributed by atoms with van der Waals surface area (Å²) in [5, 5.41) is 40.7. The minimum absolute atomic E-state index is 0.0493. The molecule has 0 aromatic heterocycles. The number of aromatic hydroxyl groups is 2. The molecular formula is C22H35ClO4. The van der Waals surface area contributed by atoms with Gasteiger partial charge in [-0.1, -0.05) is 23.3 Å². The normalized spacial score (nSPS) is 15.0. The summed E-state index contributed by atoms with van der Waals surface area (Å²) in [5.74, 6) is -0.0128. The molecule has 1 atom stereocenters. The number of hydrogen-bond donors (Lipinski definition) is 4. The van der Waals surface area contributed by atoms with Gasteiger partial charge in [0.1, 0.15) is 11.5 Å². The third-order valence-corrected chi connectivity index (χ3v) is 5.42. The number of allylic oxidation sites excluding steroid dienone is 2. The summed E-state index contributed by atoms with van der Waals surface area (Å²) in [5.41, 5.74) is 0.794. The second kappa shape index (κ2) is 9.81. The number of benzene rings is 1. The Morgan fingerprint density at radius 3 is 2.26 bits per heavy atom. The summed E-state index contributed by atoms with van der Waals surface area (Å²) in [6.07, 6.45) is 6.90. The molecule has 154 valence electrons. The Kier molecular flexibility index (Phi) is 8.65. The first-order chi connectivity index (χ1) is 12.3. The smallest absolute Gasteiger partial charge is 0.141 e. The average molecular weight is 399 g/mol. The summed E-state index contributed by atoms with van der Waals surface area (Å²) in [6.45, 7) is 9.16. The largest absolute Gasteiger partial charge is 0.508 e. The second-order valence-electron chi connectivity index (χ2n) is 8.62. The average Bonchev–Trinajstić information content (AvgIpc) is 2.51. The Morgan fingerprint density at radius 2 is 1.67 bits per heavy atom. The van der Waals surface area contributed by atoms with E-state index in [1.54, 1.807) is 26.8 Å². The van der Waals surface area contributed by atoms with Gasteiger partial charge < -0.3 is 20.4 Å². The molecule has 1 aromatic rings. The van der Waals surface area contributed by atoms with E-state index in [1.807, 2.05) is 19.9 Å². The Labute approximate surface area is 168 Å². The second-order valence-corrected chi connectivity index (χ2v) is 9.00. The van der Waals surface area contributed by atoms with E-state index >= 15 is 0 Å². The van der Waals surface area contributed by atoms with Gasteiger partial charge in [-0.15, -0.1) is 0 Å². The monoisotopic (exact) mass is 398 g/mol. The highest BCUT2D eigenvalue weighted by molar-refractivity contribution is 6.33. The summed E-state index contributed by atoms with van der Waals surface area (Å²) in [4.78, 5) is 0. The molecule has 0 aliphatic rings. The van der Waals surface area contributed by atoms with Gasteiger partial charge in [0.25, 0.3) is 0 Å². The van der Waals surface area contributed by atoms with Crippen molar-refractivity contribution in [2.45, 2.75) is 90.8 Å². The molecule has 0 aliphatic heterocycles. The molecule has 0 spiro atoms. The maximum Gasteiger partial charge on any atom is 0.141 e. The Balaban J connectivity index is 2.51. The van der Waals surface area contributed by atoms with Crippen LogP contribution in [0, 0.1) is 6.92 Å². The van der Waals surface area contributed by atoms with E-state index in [1.165, 1.54) is 0 Å². The molecule has 0 bridgehead atoms. The van der Waals surface area contributed by atoms with Gasteiger partial charge in [0, 0.05) is 5.56 Å². The number of rotatable bonds is 10. The number of aliphatic hydroxyl groups is 2. The predicted octanol–water partition coefficient (Wildman–Crippen LogP) is 5.41. The molecule has 27 heavy (non-hydrogen) atoms. The fraction of sp³-hybridized carbons (Fsp3) is 0.636. The van der Waals surface area contributed by atoms with Gasteiger partial charge in [-0.25, -0.2) is 0 Å². The summed E-state index contributed by atoms with van der Waals surface area (Å²) in [6, 6.07) is 1.56. The van der Waals surface area contributed by atoms with Gasteiger partial charge in [0.15, 0.2) is 0 Å². The van der Waals surface area contributed by atoms with E-state index in [-0.39, 0.29) is 16.5 Å². The van der Waals surface area contributed by atoms with Crippen LogP contribution in [0.4, 0.5) is 0 Å². The zero-order valence-electron chi connectivity index (χ0n) is 17.3. The van der Waals surface area contributed by atoms with Crippen LogP contribution in [0.25, 0.3) is 0 Å². The van der Waals surface area contributed by atoms with E-state index in [9.17, 15) is 20.4 Å². The number of aryl methyl sites for hydroxylation is 1. The zero-order chi connectivity index (χ0) is 20.8. The lowest BCUT2D eigenvalue weighted by molar-refractivity contribution is 0.0226. The third-order valence-electron chi connectivity index (χ3n) is 4.95. The van der Waals surface area contributed by atoms with Gasteiger partial charge in [0.05, 0.1) is 16.2 Å². The molecule has 0 saturated heterocycles. The maximum atomic E-state index is 10.5. The van der Waals surface area contributed by atoms with Crippen LogP contribution in [0.15, 0.2) is 17.7 Å². The number of halogens is 1. The molecule has 0 aliphatic carbocycles. The highest BCUT2D eigenvalue weighted by Gasteiger charge is 2.21. The van der Waals surface area contributed by atoms with Crippen LogP contribution in [0.1, 0.15) is 77.3 Å². The lowest BCUT2D eigenvalue weighted by Crippen LogP contribution is -2.26. The molecule has 1 unspecified atom stereocenters. The molecule has 4 nitrogen and oxygen atoms in total. The fourth-order valence-corrected chi connectivity index (χ4v) is 3.32. The first kappa shape index (κ1) is 23.8. The SMILES string of the molecule is C/C(=C\Cc1c(O)cc(C)c(Cl)c1O)CCCC(C)(O)CCCC(C)(C)O. The Bertz CT molecular complexity index is 657. The molecule has 0 amide bonds. The van der Waals surface area contributed by atoms with Gasteiger partial charge in [-0.2, -0.15) is 0 Å². The molecule has 0 fully saturated rings. The van der Waals surface area contributed by atoms with Crippen LogP contribution in [0.3, 0.4) is 0 Å². The maximum absolute atomic E-state index is 10.5. The molecular weight excluding hydrogens is 364 g/mol. The summed E-state index contributed by atoms with van der Waals surface area (Å²) < 4.78 is 0. The Hall–Kier alpha value is -1.23. The molecule has 0 radical (unpaired) electrons. The fourth-order valence-electron chi connectivity index (χ4n) is 3.15. The van der Waals surface area contributed by atoms with Crippen molar-refractivity contribution < 1.29 is 20.4 Å². The predicted molar refractivity (Wildman–Crippen MR) is 112 cm³/mol. The van der Waals surface area contributed by atoms with Gasteiger partial charge in [-0.3, -0.25) is 0 Å². The molecule has 0 saturated carbocycles. The van der Waals surface area contributed by atoms with Crippen molar-refractivity contribution >= 4 is 11.6 Å². The van der Waals surface area contributed by atoms with E-state index in [4.69, 9.17) is 11.6 Å². The number of phenolic OH excluding ortho intramolecular Hbond substituents is 2. The van der Waals surface area contributed by atoms with Crippen molar-refractivity contribution in [1.82, 2.24) is 0 Å². The van der Waals surface area contributed by atoms with Crippen LogP contribution in [0.2, 0.25) is 5.02 Å². The molecule has 1 aromatic carbocycles. The minimum atomic E-state index is -0.730. The number of hydrogen-bond acceptors (Lipinski definition) is 4. The highest BCUT2D eigenvalue weighted by atomic mass is 35.5. The van der Waals surface area contributed by atoms with Crippen LogP contribution in [-0.2, 0) is 6.42 Å². The van der Waals surface area contributed by atoms with Crippen molar-refractivity contribution in [1.29, 1.82) is 0 Å². The number of phenols is 2. The zero-order valence-corrected chi connectivity index (χ0v) is 18.0. The first-order valence-electron chi connectivity index (χ1n) is 9.63. The van der Waals surface area contributed by atoms with Crippen LogP contribution in [0.5, 0.6) is 11.5 Å². The molecule has 5 heteroatoms. The van der Waals surface area contributed by atoms with Crippen molar-refractivity contribution in [2.75, 3.05) is 0 Å². The lowest BCUT2D eigenvalue weighted by atomic mass is 9.89. The molecule has 1 rings (SSSR count). The topological polar surface area (TPSA) is 80.9 Å². The van der Waals surface area contributed by atoms with Gasteiger partial charge >= 0.3 is 0 Å². The van der Waals surface area contributed by atoms with Crippen LogP contribution in [-0.4, -0.2) is 31.6 Å². The van der Waals surface area contributed by atoms with Crippen molar-refractivity contribution in [3.8, 4) is 11.5 Å². The minimum Gasteiger partial charge on any atom is -0.508 e. The third kappa shape index (κ3) is 8.54. The quantitative estimate of drug-likeness (QED) is 0.397. The van der Waals surface area contributed by atoms with E-state index < -0.39 is 11.2 Å². The van der Waals surface area contributed by atoms with Crippen LogP contribution >= 0.6 is 11.6 Å². The Morgan fingerprint density at radius 1 is 1.07 bits per heavy atom. The van der Waals surface area contributed by atoms with Gasteiger partial charge in [0.2, 0.25) is 0 Å². The van der Waals surface area contributed by atoms with Crippen molar-refractivity contribution in [2.24, 2.45) is 0 Å². The first-order valence-corrected chi connectivity index (χ1v) is 10.0. The summed E-state index contributed by atoms with van der Waals surface area (Å²) in [7, 11) is 0.